The van der Waals surface area contributed by atoms with Gasteiger partial charge in [0.2, 0.25) is 0 Å². The predicted octanol–water partition coefficient (Wildman–Crippen LogP) is 2.47. The second kappa shape index (κ2) is 4.73. The minimum atomic E-state index is 0.123. The van der Waals surface area contributed by atoms with Crippen molar-refractivity contribution in [2.45, 2.75) is 13.3 Å². The summed E-state index contributed by atoms with van der Waals surface area (Å²) in [7, 11) is 0. The second-order valence-corrected chi connectivity index (χ2v) is 2.66. The van der Waals surface area contributed by atoms with Crippen molar-refractivity contribution >= 4 is 5.57 Å². The fourth-order valence-corrected chi connectivity index (χ4v) is 1.17. The van der Waals surface area contributed by atoms with E-state index in [1.807, 2.05) is 30.3 Å². The molecule has 12 heavy (non-hydrogen) atoms. The average molecular weight is 162 g/mol. The molecule has 64 valence electrons. The van der Waals surface area contributed by atoms with Gasteiger partial charge in [0.05, 0.1) is 6.61 Å². The molecule has 0 aliphatic heterocycles. The molecular weight excluding hydrogens is 148 g/mol. The highest BCUT2D eigenvalue weighted by Crippen LogP contribution is 2.13. The number of aliphatic hydroxyl groups excluding tert-OH is 1. The topological polar surface area (TPSA) is 20.2 Å². The van der Waals surface area contributed by atoms with Gasteiger partial charge in [-0.15, -0.1) is 0 Å². The van der Waals surface area contributed by atoms with Crippen molar-refractivity contribution in [3.8, 4) is 0 Å². The van der Waals surface area contributed by atoms with Gasteiger partial charge in [-0.05, 0) is 17.6 Å². The van der Waals surface area contributed by atoms with Crippen LogP contribution in [0.5, 0.6) is 0 Å². The van der Waals surface area contributed by atoms with Gasteiger partial charge < -0.3 is 5.11 Å². The van der Waals surface area contributed by atoms with Crippen LogP contribution in [0.1, 0.15) is 18.9 Å². The van der Waals surface area contributed by atoms with Gasteiger partial charge in [-0.25, -0.2) is 0 Å². The van der Waals surface area contributed by atoms with Crippen LogP contribution in [0.4, 0.5) is 0 Å². The van der Waals surface area contributed by atoms with Crippen LogP contribution in [0.3, 0.4) is 0 Å². The number of hydrogen-bond donors (Lipinski definition) is 1. The van der Waals surface area contributed by atoms with E-state index in [0.717, 1.165) is 17.6 Å². The van der Waals surface area contributed by atoms with Gasteiger partial charge in [-0.1, -0.05) is 43.3 Å². The normalized spacial score (nSPS) is 11.7. The first-order valence-corrected chi connectivity index (χ1v) is 4.23. The Morgan fingerprint density at radius 3 is 2.50 bits per heavy atom. The predicted molar refractivity (Wildman–Crippen MR) is 51.8 cm³/mol. The molecule has 1 rings (SSSR count). The van der Waals surface area contributed by atoms with Gasteiger partial charge in [0, 0.05) is 0 Å². The van der Waals surface area contributed by atoms with Crippen LogP contribution in [0.25, 0.3) is 5.57 Å². The molecule has 0 bridgehead atoms. The Morgan fingerprint density at radius 2 is 2.00 bits per heavy atom. The molecule has 0 atom stereocenters. The van der Waals surface area contributed by atoms with Crippen LogP contribution in [0.2, 0.25) is 0 Å². The number of hydrogen-bond acceptors (Lipinski definition) is 1. The summed E-state index contributed by atoms with van der Waals surface area (Å²) >= 11 is 0. The van der Waals surface area contributed by atoms with Gasteiger partial charge in [-0.2, -0.15) is 0 Å². The molecular formula is C11H14O. The zero-order chi connectivity index (χ0) is 8.81. The van der Waals surface area contributed by atoms with Crippen molar-refractivity contribution in [1.82, 2.24) is 0 Å². The van der Waals surface area contributed by atoms with Crippen LogP contribution >= 0.6 is 0 Å². The molecule has 0 aliphatic carbocycles. The zero-order valence-electron chi connectivity index (χ0n) is 7.33. The molecule has 1 nitrogen and oxygen atoms in total. The van der Waals surface area contributed by atoms with Crippen molar-refractivity contribution in [2.24, 2.45) is 0 Å². The van der Waals surface area contributed by atoms with E-state index >= 15 is 0 Å². The second-order valence-electron chi connectivity index (χ2n) is 2.66. The lowest BCUT2D eigenvalue weighted by Crippen LogP contribution is -1.89. The average Bonchev–Trinajstić information content (AvgIpc) is 2.15. The van der Waals surface area contributed by atoms with Crippen LogP contribution in [0, 0.1) is 0 Å². The first-order chi connectivity index (χ1) is 5.88. The molecule has 0 unspecified atom stereocenters. The van der Waals surface area contributed by atoms with Crippen LogP contribution in [0.15, 0.2) is 36.4 Å². The Balaban J connectivity index is 2.88. The monoisotopic (exact) mass is 162 g/mol. The summed E-state index contributed by atoms with van der Waals surface area (Å²) in [6, 6.07) is 9.96. The maximum absolute atomic E-state index is 9.04. The first kappa shape index (κ1) is 9.01. The van der Waals surface area contributed by atoms with E-state index in [9.17, 15) is 0 Å². The molecule has 0 aliphatic rings. The van der Waals surface area contributed by atoms with E-state index < -0.39 is 0 Å². The highest BCUT2D eigenvalue weighted by atomic mass is 16.3. The Hall–Kier alpha value is -1.08. The summed E-state index contributed by atoms with van der Waals surface area (Å²) in [4.78, 5) is 0. The van der Waals surface area contributed by atoms with Gasteiger partial charge in [0.1, 0.15) is 0 Å². The summed E-state index contributed by atoms with van der Waals surface area (Å²) in [5.74, 6) is 0. The molecule has 0 saturated carbocycles. The Morgan fingerprint density at radius 1 is 1.33 bits per heavy atom. The van der Waals surface area contributed by atoms with Crippen molar-refractivity contribution in [2.75, 3.05) is 6.61 Å². The molecule has 0 fully saturated rings. The highest BCUT2D eigenvalue weighted by molar-refractivity contribution is 5.65. The molecule has 0 heterocycles. The zero-order valence-corrected chi connectivity index (χ0v) is 7.33. The first-order valence-electron chi connectivity index (χ1n) is 4.23. The Labute approximate surface area is 73.4 Å². The lowest BCUT2D eigenvalue weighted by atomic mass is 10.1. The van der Waals surface area contributed by atoms with Gasteiger partial charge >= 0.3 is 0 Å². The number of aliphatic hydroxyl groups is 1. The number of allylic oxidation sites excluding steroid dienone is 1. The van der Waals surface area contributed by atoms with Gasteiger partial charge in [0.25, 0.3) is 0 Å². The van der Waals surface area contributed by atoms with E-state index in [0.29, 0.717) is 0 Å². The van der Waals surface area contributed by atoms with E-state index in [2.05, 4.69) is 13.0 Å². The number of rotatable bonds is 3. The standard InChI is InChI=1S/C11H14O/c1-2-6-11(9-12)10-7-4-3-5-8-10/h3-8,12H,2,9H2,1H3. The van der Waals surface area contributed by atoms with Gasteiger partial charge in [0.15, 0.2) is 0 Å². The van der Waals surface area contributed by atoms with Gasteiger partial charge in [-0.3, -0.25) is 0 Å². The SMILES string of the molecule is CCC=C(CO)c1ccccc1. The van der Waals surface area contributed by atoms with Crippen molar-refractivity contribution in [3.05, 3.63) is 42.0 Å². The van der Waals surface area contributed by atoms with Crippen molar-refractivity contribution < 1.29 is 5.11 Å². The fraction of sp³-hybridized carbons (Fsp3) is 0.273. The summed E-state index contributed by atoms with van der Waals surface area (Å²) in [6.45, 7) is 2.19. The summed E-state index contributed by atoms with van der Waals surface area (Å²) in [6.07, 6.45) is 3.01. The highest BCUT2D eigenvalue weighted by Gasteiger charge is 1.96. The Kier molecular flexibility index (Phi) is 3.55. The molecule has 0 aromatic heterocycles. The van der Waals surface area contributed by atoms with Crippen molar-refractivity contribution in [1.29, 1.82) is 0 Å². The molecule has 1 aromatic carbocycles. The van der Waals surface area contributed by atoms with Crippen molar-refractivity contribution in [3.63, 3.8) is 0 Å². The minimum Gasteiger partial charge on any atom is -0.392 e. The maximum atomic E-state index is 9.04. The minimum absolute atomic E-state index is 0.123. The third kappa shape index (κ3) is 2.21. The van der Waals surface area contributed by atoms with E-state index in [1.165, 1.54) is 0 Å². The Bertz CT molecular complexity index is 249. The lowest BCUT2D eigenvalue weighted by Gasteiger charge is -2.02. The van der Waals surface area contributed by atoms with E-state index in [1.54, 1.807) is 0 Å². The van der Waals surface area contributed by atoms with Crippen LogP contribution in [-0.4, -0.2) is 11.7 Å². The molecule has 1 heteroatoms. The third-order valence-corrected chi connectivity index (χ3v) is 1.77. The van der Waals surface area contributed by atoms with Crippen LogP contribution in [-0.2, 0) is 0 Å². The smallest absolute Gasteiger partial charge is 0.0684 e. The molecule has 0 amide bonds. The quantitative estimate of drug-likeness (QED) is 0.724. The molecule has 0 radical (unpaired) electrons. The fourth-order valence-electron chi connectivity index (χ4n) is 1.17. The molecule has 1 aromatic rings. The number of benzene rings is 1. The summed E-state index contributed by atoms with van der Waals surface area (Å²) in [5, 5.41) is 9.04. The maximum Gasteiger partial charge on any atom is 0.0684 e. The summed E-state index contributed by atoms with van der Waals surface area (Å²) < 4.78 is 0. The third-order valence-electron chi connectivity index (χ3n) is 1.77. The molecule has 1 N–H and O–H groups in total. The lowest BCUT2D eigenvalue weighted by molar-refractivity contribution is 0.350. The molecule has 0 spiro atoms. The molecule has 0 saturated heterocycles. The van der Waals surface area contributed by atoms with Crippen LogP contribution < -0.4 is 0 Å². The largest absolute Gasteiger partial charge is 0.392 e. The van der Waals surface area contributed by atoms with E-state index in [4.69, 9.17) is 5.11 Å². The van der Waals surface area contributed by atoms with E-state index in [-0.39, 0.29) is 6.61 Å². The summed E-state index contributed by atoms with van der Waals surface area (Å²) in [5.41, 5.74) is 2.12.